The Balaban J connectivity index is 2.21. The number of nitrogens with one attached hydrogen (secondary N) is 1. The van der Waals surface area contributed by atoms with E-state index in [1.807, 2.05) is 0 Å². The fourth-order valence-corrected chi connectivity index (χ4v) is 2.76. The summed E-state index contributed by atoms with van der Waals surface area (Å²) in [5.74, 6) is 0.301. The van der Waals surface area contributed by atoms with Crippen molar-refractivity contribution in [3.63, 3.8) is 0 Å². The highest BCUT2D eigenvalue weighted by Gasteiger charge is 2.25. The van der Waals surface area contributed by atoms with Crippen LogP contribution in [-0.2, 0) is 5.41 Å². The number of fused-ring (bicyclic) bond motifs is 1. The number of hydrogen-bond donors (Lipinski definition) is 1. The van der Waals surface area contributed by atoms with Gasteiger partial charge in [0.15, 0.2) is 11.6 Å². The molecule has 19 heavy (non-hydrogen) atoms. The first kappa shape index (κ1) is 12.2. The number of benzene rings is 1. The number of nitrogens with zero attached hydrogens (tertiary/aromatic N) is 3. The SMILES string of the molecule is CC(C)(C)c1nnsc1-c1nc2c(F)cccc2[nH]1. The van der Waals surface area contributed by atoms with E-state index in [0.29, 0.717) is 16.9 Å². The molecule has 3 aromatic rings. The van der Waals surface area contributed by atoms with Gasteiger partial charge in [-0.15, -0.1) is 5.10 Å². The van der Waals surface area contributed by atoms with Crippen molar-refractivity contribution < 1.29 is 4.39 Å². The zero-order valence-electron chi connectivity index (χ0n) is 10.9. The molecule has 1 aromatic carbocycles. The summed E-state index contributed by atoms with van der Waals surface area (Å²) in [4.78, 5) is 8.32. The fraction of sp³-hybridized carbons (Fsp3) is 0.308. The third-order valence-electron chi connectivity index (χ3n) is 2.88. The van der Waals surface area contributed by atoms with Crippen molar-refractivity contribution in [1.82, 2.24) is 19.6 Å². The minimum Gasteiger partial charge on any atom is -0.337 e. The van der Waals surface area contributed by atoms with E-state index in [0.717, 1.165) is 10.6 Å². The minimum absolute atomic E-state index is 0.125. The Kier molecular flexibility index (Phi) is 2.63. The second-order valence-corrected chi connectivity index (χ2v) is 6.18. The summed E-state index contributed by atoms with van der Waals surface area (Å²) in [6, 6.07) is 4.87. The average molecular weight is 276 g/mol. The summed E-state index contributed by atoms with van der Waals surface area (Å²) in [5.41, 5.74) is 1.78. The van der Waals surface area contributed by atoms with Crippen molar-refractivity contribution in [2.24, 2.45) is 0 Å². The van der Waals surface area contributed by atoms with E-state index < -0.39 is 0 Å². The lowest BCUT2D eigenvalue weighted by atomic mass is 9.91. The van der Waals surface area contributed by atoms with Crippen molar-refractivity contribution in [1.29, 1.82) is 0 Å². The summed E-state index contributed by atoms with van der Waals surface area (Å²) in [5, 5.41) is 4.17. The molecule has 0 atom stereocenters. The molecule has 0 saturated carbocycles. The van der Waals surface area contributed by atoms with E-state index >= 15 is 0 Å². The van der Waals surface area contributed by atoms with Gasteiger partial charge < -0.3 is 4.98 Å². The Morgan fingerprint density at radius 3 is 2.74 bits per heavy atom. The van der Waals surface area contributed by atoms with E-state index in [2.05, 4.69) is 40.3 Å². The number of rotatable bonds is 1. The van der Waals surface area contributed by atoms with Gasteiger partial charge in [-0.1, -0.05) is 31.3 Å². The van der Waals surface area contributed by atoms with Gasteiger partial charge in [0.2, 0.25) is 0 Å². The maximum Gasteiger partial charge on any atom is 0.152 e. The molecule has 1 N–H and O–H groups in total. The van der Waals surface area contributed by atoms with Crippen LogP contribution in [0, 0.1) is 5.82 Å². The highest BCUT2D eigenvalue weighted by atomic mass is 32.1. The third kappa shape index (κ3) is 2.02. The summed E-state index contributed by atoms with van der Waals surface area (Å²) in [6.45, 7) is 6.20. The minimum atomic E-state index is -0.324. The predicted molar refractivity (Wildman–Crippen MR) is 73.7 cm³/mol. The highest BCUT2D eigenvalue weighted by Crippen LogP contribution is 2.33. The van der Waals surface area contributed by atoms with E-state index in [1.54, 1.807) is 12.1 Å². The van der Waals surface area contributed by atoms with Gasteiger partial charge >= 0.3 is 0 Å². The molecule has 98 valence electrons. The van der Waals surface area contributed by atoms with Gasteiger partial charge in [-0.25, -0.2) is 9.37 Å². The summed E-state index contributed by atoms with van der Waals surface area (Å²) >= 11 is 1.27. The Morgan fingerprint density at radius 1 is 1.26 bits per heavy atom. The third-order valence-corrected chi connectivity index (χ3v) is 3.61. The average Bonchev–Trinajstić information content (AvgIpc) is 2.94. The number of H-pyrrole nitrogens is 1. The molecular formula is C13H13FN4S. The number of imidazole rings is 1. The Bertz CT molecular complexity index is 739. The molecule has 4 nitrogen and oxygen atoms in total. The van der Waals surface area contributed by atoms with E-state index in [9.17, 15) is 4.39 Å². The molecule has 2 heterocycles. The largest absolute Gasteiger partial charge is 0.337 e. The van der Waals surface area contributed by atoms with Gasteiger partial charge in [0.05, 0.1) is 11.2 Å². The first-order valence-corrected chi connectivity index (χ1v) is 6.71. The lowest BCUT2D eigenvalue weighted by molar-refractivity contribution is 0.568. The molecule has 0 fully saturated rings. The molecule has 3 rings (SSSR count). The first-order valence-electron chi connectivity index (χ1n) is 5.94. The topological polar surface area (TPSA) is 54.5 Å². The van der Waals surface area contributed by atoms with E-state index in [4.69, 9.17) is 0 Å². The lowest BCUT2D eigenvalue weighted by Gasteiger charge is -2.15. The van der Waals surface area contributed by atoms with Crippen LogP contribution >= 0.6 is 11.5 Å². The smallest absolute Gasteiger partial charge is 0.152 e. The Labute approximate surface area is 113 Å². The van der Waals surface area contributed by atoms with Crippen LogP contribution in [0.3, 0.4) is 0 Å². The van der Waals surface area contributed by atoms with Crippen molar-refractivity contribution in [2.75, 3.05) is 0 Å². The molecular weight excluding hydrogens is 263 g/mol. The molecule has 0 amide bonds. The van der Waals surface area contributed by atoms with Crippen molar-refractivity contribution >= 4 is 22.6 Å². The quantitative estimate of drug-likeness (QED) is 0.740. The predicted octanol–water partition coefficient (Wildman–Crippen LogP) is 3.52. The summed E-state index contributed by atoms with van der Waals surface area (Å²) in [7, 11) is 0. The monoisotopic (exact) mass is 276 g/mol. The molecule has 0 saturated heterocycles. The zero-order chi connectivity index (χ0) is 13.6. The van der Waals surface area contributed by atoms with Crippen LogP contribution in [0.1, 0.15) is 26.5 Å². The second kappa shape index (κ2) is 4.09. The molecule has 6 heteroatoms. The number of aromatic amines is 1. The van der Waals surface area contributed by atoms with E-state index in [1.165, 1.54) is 17.6 Å². The molecule has 2 aromatic heterocycles. The van der Waals surface area contributed by atoms with Crippen LogP contribution in [0.5, 0.6) is 0 Å². The molecule has 0 aliphatic carbocycles. The molecule has 0 aliphatic rings. The van der Waals surface area contributed by atoms with Gasteiger partial charge in [-0.2, -0.15) is 0 Å². The zero-order valence-corrected chi connectivity index (χ0v) is 11.7. The molecule has 0 spiro atoms. The highest BCUT2D eigenvalue weighted by molar-refractivity contribution is 7.09. The van der Waals surface area contributed by atoms with Crippen LogP contribution in [-0.4, -0.2) is 19.6 Å². The molecule has 0 bridgehead atoms. The number of hydrogen-bond acceptors (Lipinski definition) is 4. The normalized spacial score (nSPS) is 12.2. The van der Waals surface area contributed by atoms with Crippen LogP contribution in [0.15, 0.2) is 18.2 Å². The van der Waals surface area contributed by atoms with Crippen molar-refractivity contribution in [2.45, 2.75) is 26.2 Å². The maximum absolute atomic E-state index is 13.7. The second-order valence-electron chi connectivity index (χ2n) is 5.42. The first-order chi connectivity index (χ1) is 8.97. The number of aromatic nitrogens is 4. The molecule has 0 aliphatic heterocycles. The maximum atomic E-state index is 13.7. The Morgan fingerprint density at radius 2 is 2.05 bits per heavy atom. The lowest BCUT2D eigenvalue weighted by Crippen LogP contribution is -2.13. The van der Waals surface area contributed by atoms with Crippen LogP contribution in [0.2, 0.25) is 0 Å². The molecule has 0 radical (unpaired) electrons. The Hall–Kier alpha value is -1.82. The van der Waals surface area contributed by atoms with Crippen LogP contribution in [0.4, 0.5) is 4.39 Å². The fourth-order valence-electron chi connectivity index (χ4n) is 1.94. The van der Waals surface area contributed by atoms with Crippen molar-refractivity contribution in [3.8, 4) is 10.7 Å². The van der Waals surface area contributed by atoms with Gasteiger partial charge in [0.25, 0.3) is 0 Å². The van der Waals surface area contributed by atoms with Gasteiger partial charge in [-0.3, -0.25) is 0 Å². The number of para-hydroxylation sites is 1. The summed E-state index contributed by atoms with van der Waals surface area (Å²) < 4.78 is 17.7. The van der Waals surface area contributed by atoms with Crippen molar-refractivity contribution in [3.05, 3.63) is 29.7 Å². The van der Waals surface area contributed by atoms with Crippen LogP contribution in [0.25, 0.3) is 21.7 Å². The standard InChI is InChI=1S/C13H13FN4S/c1-13(2,3)11-10(19-18-17-11)12-15-8-6-4-5-7(14)9(8)16-12/h4-6H,1-3H3,(H,15,16). The van der Waals surface area contributed by atoms with Gasteiger partial charge in [-0.05, 0) is 23.7 Å². The molecule has 0 unspecified atom stereocenters. The van der Waals surface area contributed by atoms with Gasteiger partial charge in [0, 0.05) is 5.41 Å². The van der Waals surface area contributed by atoms with E-state index in [-0.39, 0.29) is 11.2 Å². The van der Waals surface area contributed by atoms with Crippen LogP contribution < -0.4 is 0 Å². The number of halogens is 1. The summed E-state index contributed by atoms with van der Waals surface area (Å²) in [6.07, 6.45) is 0. The van der Waals surface area contributed by atoms with Gasteiger partial charge in [0.1, 0.15) is 10.4 Å².